The van der Waals surface area contributed by atoms with E-state index in [1.54, 1.807) is 24.0 Å². The Kier molecular flexibility index (Phi) is 5.95. The van der Waals surface area contributed by atoms with E-state index >= 15 is 0 Å². The zero-order valence-electron chi connectivity index (χ0n) is 13.6. The van der Waals surface area contributed by atoms with Gasteiger partial charge in [0.2, 0.25) is 11.8 Å². The van der Waals surface area contributed by atoms with E-state index in [1.807, 2.05) is 12.1 Å². The highest BCUT2D eigenvalue weighted by molar-refractivity contribution is 5.96. The van der Waals surface area contributed by atoms with Gasteiger partial charge in [-0.25, -0.2) is 9.79 Å². The number of hydrogen-bond acceptors (Lipinski definition) is 6. The molecule has 0 saturated carbocycles. The fraction of sp³-hybridized carbons (Fsp3) is 0.353. The third kappa shape index (κ3) is 4.34. The normalized spacial score (nSPS) is 16.0. The van der Waals surface area contributed by atoms with Gasteiger partial charge in [0.05, 0.1) is 5.69 Å². The number of benzene rings is 1. The van der Waals surface area contributed by atoms with E-state index in [-0.39, 0.29) is 18.3 Å². The molecular formula is C17H20N4O3. The van der Waals surface area contributed by atoms with E-state index in [2.05, 4.69) is 28.4 Å². The van der Waals surface area contributed by atoms with Gasteiger partial charge in [0.25, 0.3) is 0 Å². The summed E-state index contributed by atoms with van der Waals surface area (Å²) < 4.78 is 5.17. The third-order valence-electron chi connectivity index (χ3n) is 3.56. The predicted molar refractivity (Wildman–Crippen MR) is 94.6 cm³/mol. The SMILES string of the molecule is C=NCC(=O)OC(=Nc1ccc(N2CCCC2=O)cc1)C(C)N=C. The molecule has 1 amide bonds. The molecule has 1 atom stereocenters. The van der Waals surface area contributed by atoms with Gasteiger partial charge in [-0.05, 0) is 51.0 Å². The van der Waals surface area contributed by atoms with Crippen LogP contribution in [0.15, 0.2) is 39.2 Å². The molecule has 1 saturated heterocycles. The van der Waals surface area contributed by atoms with Gasteiger partial charge < -0.3 is 9.64 Å². The fourth-order valence-corrected chi connectivity index (χ4v) is 2.28. The molecule has 1 unspecified atom stereocenters. The summed E-state index contributed by atoms with van der Waals surface area (Å²) in [7, 11) is 0. The average molecular weight is 328 g/mol. The van der Waals surface area contributed by atoms with Crippen LogP contribution in [0.2, 0.25) is 0 Å². The van der Waals surface area contributed by atoms with Crippen LogP contribution in [0.1, 0.15) is 19.8 Å². The molecule has 0 aromatic heterocycles. The number of ether oxygens (including phenoxy) is 1. The van der Waals surface area contributed by atoms with Crippen LogP contribution in [-0.4, -0.2) is 50.3 Å². The average Bonchev–Trinajstić information content (AvgIpc) is 3.00. The van der Waals surface area contributed by atoms with Crippen LogP contribution in [0.5, 0.6) is 0 Å². The van der Waals surface area contributed by atoms with E-state index in [0.717, 1.165) is 18.7 Å². The summed E-state index contributed by atoms with van der Waals surface area (Å²) in [6, 6.07) is 6.68. The first kappa shape index (κ1) is 17.5. The molecular weight excluding hydrogens is 308 g/mol. The largest absolute Gasteiger partial charge is 0.408 e. The van der Waals surface area contributed by atoms with Crippen LogP contribution in [0.3, 0.4) is 0 Å². The lowest BCUT2D eigenvalue weighted by Crippen LogP contribution is -2.23. The number of carbonyl (C=O) groups excluding carboxylic acids is 2. The highest BCUT2D eigenvalue weighted by Gasteiger charge is 2.21. The van der Waals surface area contributed by atoms with Crippen molar-refractivity contribution in [3.05, 3.63) is 24.3 Å². The van der Waals surface area contributed by atoms with Crippen LogP contribution in [0.25, 0.3) is 0 Å². The molecule has 126 valence electrons. The van der Waals surface area contributed by atoms with Gasteiger partial charge in [-0.3, -0.25) is 14.8 Å². The minimum absolute atomic E-state index is 0.127. The smallest absolute Gasteiger partial charge is 0.334 e. The highest BCUT2D eigenvalue weighted by atomic mass is 16.5. The summed E-state index contributed by atoms with van der Waals surface area (Å²) in [5.74, 6) is -0.288. The highest BCUT2D eigenvalue weighted by Crippen LogP contribution is 2.24. The topological polar surface area (TPSA) is 83.7 Å². The van der Waals surface area contributed by atoms with Crippen molar-refractivity contribution in [2.75, 3.05) is 18.0 Å². The Morgan fingerprint density at radius 1 is 1.33 bits per heavy atom. The first-order valence-corrected chi connectivity index (χ1v) is 7.63. The maximum atomic E-state index is 11.8. The molecule has 2 rings (SSSR count). The molecule has 0 spiro atoms. The van der Waals surface area contributed by atoms with Crippen molar-refractivity contribution >= 4 is 42.6 Å². The molecule has 1 aromatic rings. The standard InChI is InChI=1S/C17H20N4O3/c1-12(19-3)17(24-16(23)11-18-2)20-13-6-8-14(9-7-13)21-10-4-5-15(21)22/h6-9,12H,2-5,10-11H2,1H3. The summed E-state index contributed by atoms with van der Waals surface area (Å²) in [6.45, 7) is 9.00. The summed E-state index contributed by atoms with van der Waals surface area (Å²) in [4.78, 5) is 36.7. The fourth-order valence-electron chi connectivity index (χ4n) is 2.28. The van der Waals surface area contributed by atoms with E-state index in [0.29, 0.717) is 12.1 Å². The van der Waals surface area contributed by atoms with E-state index in [9.17, 15) is 9.59 Å². The molecule has 0 N–H and O–H groups in total. The lowest BCUT2D eigenvalue weighted by Gasteiger charge is -2.15. The quantitative estimate of drug-likeness (QED) is 0.456. The predicted octanol–water partition coefficient (Wildman–Crippen LogP) is 2.18. The van der Waals surface area contributed by atoms with Gasteiger partial charge in [-0.1, -0.05) is 0 Å². The van der Waals surface area contributed by atoms with Crippen LogP contribution in [-0.2, 0) is 14.3 Å². The molecule has 0 aliphatic carbocycles. The van der Waals surface area contributed by atoms with Crippen molar-refractivity contribution in [3.8, 4) is 0 Å². The van der Waals surface area contributed by atoms with Crippen LogP contribution >= 0.6 is 0 Å². The van der Waals surface area contributed by atoms with Crippen molar-refractivity contribution in [2.45, 2.75) is 25.8 Å². The Labute approximate surface area is 140 Å². The van der Waals surface area contributed by atoms with Crippen molar-refractivity contribution in [1.29, 1.82) is 0 Å². The number of anilines is 1. The minimum atomic E-state index is -0.557. The number of carbonyl (C=O) groups is 2. The molecule has 24 heavy (non-hydrogen) atoms. The number of amides is 1. The molecule has 1 heterocycles. The Bertz CT molecular complexity index is 667. The first-order valence-electron chi connectivity index (χ1n) is 7.63. The lowest BCUT2D eigenvalue weighted by atomic mass is 10.2. The number of esters is 1. The lowest BCUT2D eigenvalue weighted by molar-refractivity contribution is -0.134. The maximum absolute atomic E-state index is 11.8. The van der Waals surface area contributed by atoms with Gasteiger partial charge in [-0.2, -0.15) is 0 Å². The monoisotopic (exact) mass is 328 g/mol. The Morgan fingerprint density at radius 2 is 2.04 bits per heavy atom. The van der Waals surface area contributed by atoms with Gasteiger partial charge >= 0.3 is 5.97 Å². The van der Waals surface area contributed by atoms with Crippen molar-refractivity contribution in [2.24, 2.45) is 15.0 Å². The molecule has 0 radical (unpaired) electrons. The van der Waals surface area contributed by atoms with E-state index in [4.69, 9.17) is 4.74 Å². The van der Waals surface area contributed by atoms with Gasteiger partial charge in [-0.15, -0.1) is 0 Å². The molecule has 1 aliphatic rings. The van der Waals surface area contributed by atoms with E-state index in [1.165, 1.54) is 0 Å². The first-order chi connectivity index (χ1) is 11.5. The second-order valence-corrected chi connectivity index (χ2v) is 5.33. The molecule has 0 bridgehead atoms. The number of hydrogen-bond donors (Lipinski definition) is 0. The number of rotatable bonds is 6. The molecule has 7 heteroatoms. The second kappa shape index (κ2) is 8.14. The molecule has 1 aliphatic heterocycles. The van der Waals surface area contributed by atoms with Gasteiger partial charge in [0, 0.05) is 18.7 Å². The van der Waals surface area contributed by atoms with Crippen LogP contribution in [0.4, 0.5) is 11.4 Å². The minimum Gasteiger partial charge on any atom is -0.408 e. The van der Waals surface area contributed by atoms with Crippen LogP contribution < -0.4 is 4.90 Å². The zero-order valence-corrected chi connectivity index (χ0v) is 13.6. The second-order valence-electron chi connectivity index (χ2n) is 5.33. The van der Waals surface area contributed by atoms with Gasteiger partial charge in [0.15, 0.2) is 0 Å². The molecule has 1 fully saturated rings. The van der Waals surface area contributed by atoms with Gasteiger partial charge in [0.1, 0.15) is 12.6 Å². The number of nitrogens with zero attached hydrogens (tertiary/aromatic N) is 4. The van der Waals surface area contributed by atoms with Crippen molar-refractivity contribution < 1.29 is 14.3 Å². The Hall–Kier alpha value is -2.83. The molecule has 7 nitrogen and oxygen atoms in total. The van der Waals surface area contributed by atoms with Crippen molar-refractivity contribution in [3.63, 3.8) is 0 Å². The summed E-state index contributed by atoms with van der Waals surface area (Å²) in [6.07, 6.45) is 1.46. The summed E-state index contributed by atoms with van der Waals surface area (Å²) >= 11 is 0. The molecule has 1 aromatic carbocycles. The maximum Gasteiger partial charge on any atom is 0.334 e. The van der Waals surface area contributed by atoms with E-state index < -0.39 is 12.0 Å². The van der Waals surface area contributed by atoms with Crippen molar-refractivity contribution in [1.82, 2.24) is 0 Å². The zero-order chi connectivity index (χ0) is 17.5. The van der Waals surface area contributed by atoms with Crippen LogP contribution in [0, 0.1) is 0 Å². The Balaban J connectivity index is 2.18. The Morgan fingerprint density at radius 3 is 2.58 bits per heavy atom. The summed E-state index contributed by atoms with van der Waals surface area (Å²) in [5, 5.41) is 0. The summed E-state index contributed by atoms with van der Waals surface area (Å²) in [5.41, 5.74) is 1.43. The number of aliphatic imine (C=N–C) groups is 3. The third-order valence-corrected chi connectivity index (χ3v) is 3.56.